The van der Waals surface area contributed by atoms with Gasteiger partial charge < -0.3 is 5.32 Å². The summed E-state index contributed by atoms with van der Waals surface area (Å²) in [4.78, 5) is 11.5. The summed E-state index contributed by atoms with van der Waals surface area (Å²) < 4.78 is 24.4. The highest BCUT2D eigenvalue weighted by Gasteiger charge is 2.07. The fourth-order valence-electron chi connectivity index (χ4n) is 1.05. The molecule has 0 spiro atoms. The summed E-state index contributed by atoms with van der Waals surface area (Å²) >= 11 is 1.85. The predicted molar refractivity (Wildman–Crippen MR) is 70.4 cm³/mol. The maximum atomic E-state index is 13.2. The zero-order chi connectivity index (χ0) is 12.1. The van der Waals surface area contributed by atoms with Crippen molar-refractivity contribution < 1.29 is 13.4 Å². The SMILES string of the molecule is C[S@@](=O)CCNC(=O)c1ccc(I)c(F)c1. The zero-order valence-corrected chi connectivity index (χ0v) is 11.6. The Morgan fingerprint density at radius 3 is 2.81 bits per heavy atom. The van der Waals surface area contributed by atoms with Gasteiger partial charge in [-0.1, -0.05) is 0 Å². The summed E-state index contributed by atoms with van der Waals surface area (Å²) in [5, 5.41) is 2.58. The first kappa shape index (κ1) is 13.6. The second-order valence-electron chi connectivity index (χ2n) is 3.16. The molecular formula is C10H11FINO2S. The first-order valence-corrected chi connectivity index (χ1v) is 7.34. The highest BCUT2D eigenvalue weighted by molar-refractivity contribution is 14.1. The number of hydrogen-bond donors (Lipinski definition) is 1. The van der Waals surface area contributed by atoms with Gasteiger partial charge in [-0.25, -0.2) is 4.39 Å². The molecule has 1 N–H and O–H groups in total. The number of carbonyl (C=O) groups is 1. The van der Waals surface area contributed by atoms with Crippen molar-refractivity contribution >= 4 is 39.3 Å². The Morgan fingerprint density at radius 1 is 1.56 bits per heavy atom. The van der Waals surface area contributed by atoms with Crippen LogP contribution in [-0.4, -0.2) is 28.7 Å². The molecule has 0 aliphatic carbocycles. The molecule has 1 aromatic carbocycles. The average Bonchev–Trinajstić information content (AvgIpc) is 2.21. The van der Waals surface area contributed by atoms with Crippen LogP contribution in [0.15, 0.2) is 18.2 Å². The van der Waals surface area contributed by atoms with Crippen LogP contribution in [0.3, 0.4) is 0 Å². The van der Waals surface area contributed by atoms with Crippen LogP contribution in [0.25, 0.3) is 0 Å². The zero-order valence-electron chi connectivity index (χ0n) is 8.63. The van der Waals surface area contributed by atoms with Gasteiger partial charge in [0.1, 0.15) is 5.82 Å². The lowest BCUT2D eigenvalue weighted by Gasteiger charge is -2.04. The van der Waals surface area contributed by atoms with Crippen LogP contribution in [0.2, 0.25) is 0 Å². The van der Waals surface area contributed by atoms with Crippen molar-refractivity contribution in [1.29, 1.82) is 0 Å². The van der Waals surface area contributed by atoms with Gasteiger partial charge in [-0.3, -0.25) is 9.00 Å². The third kappa shape index (κ3) is 4.17. The Balaban J connectivity index is 2.59. The molecule has 3 nitrogen and oxygen atoms in total. The molecule has 1 rings (SSSR count). The molecule has 1 atom stereocenters. The van der Waals surface area contributed by atoms with E-state index < -0.39 is 16.6 Å². The minimum absolute atomic E-state index is 0.278. The maximum absolute atomic E-state index is 13.2. The van der Waals surface area contributed by atoms with E-state index in [-0.39, 0.29) is 11.5 Å². The van der Waals surface area contributed by atoms with Crippen LogP contribution < -0.4 is 5.32 Å². The van der Waals surface area contributed by atoms with Gasteiger partial charge in [0.2, 0.25) is 0 Å². The van der Waals surface area contributed by atoms with E-state index in [1.165, 1.54) is 6.07 Å². The molecule has 0 heterocycles. The summed E-state index contributed by atoms with van der Waals surface area (Å²) in [7, 11) is -0.936. The van der Waals surface area contributed by atoms with Gasteiger partial charge in [0.15, 0.2) is 0 Å². The minimum Gasteiger partial charge on any atom is -0.351 e. The van der Waals surface area contributed by atoms with Gasteiger partial charge >= 0.3 is 0 Å². The van der Waals surface area contributed by atoms with Crippen molar-refractivity contribution in [1.82, 2.24) is 5.32 Å². The van der Waals surface area contributed by atoms with Crippen molar-refractivity contribution in [3.05, 3.63) is 33.1 Å². The summed E-state index contributed by atoms with van der Waals surface area (Å²) in [6, 6.07) is 4.30. The summed E-state index contributed by atoms with van der Waals surface area (Å²) in [6.07, 6.45) is 1.57. The first-order valence-electron chi connectivity index (χ1n) is 4.54. The molecule has 88 valence electrons. The third-order valence-electron chi connectivity index (χ3n) is 1.86. The minimum atomic E-state index is -0.936. The Bertz CT molecular complexity index is 425. The van der Waals surface area contributed by atoms with Crippen molar-refractivity contribution in [2.45, 2.75) is 0 Å². The van der Waals surface area contributed by atoms with Crippen LogP contribution in [0.1, 0.15) is 10.4 Å². The Kier molecular flexibility index (Phi) is 5.33. The van der Waals surface area contributed by atoms with Crippen LogP contribution >= 0.6 is 22.6 Å². The molecule has 0 saturated heterocycles. The van der Waals surface area contributed by atoms with Crippen molar-refractivity contribution in [2.24, 2.45) is 0 Å². The van der Waals surface area contributed by atoms with E-state index in [9.17, 15) is 13.4 Å². The highest BCUT2D eigenvalue weighted by atomic mass is 127. The molecule has 0 aliphatic rings. The summed E-state index contributed by atoms with van der Waals surface area (Å²) in [5.41, 5.74) is 0.278. The molecule has 0 fully saturated rings. The van der Waals surface area contributed by atoms with Gasteiger partial charge in [0.25, 0.3) is 5.91 Å². The standard InChI is InChI=1S/C10H11FINO2S/c1-16(15)5-4-13-10(14)7-2-3-9(12)8(11)6-7/h2-3,6H,4-5H2,1H3,(H,13,14)/t16-/m1/s1. The Morgan fingerprint density at radius 2 is 2.25 bits per heavy atom. The largest absolute Gasteiger partial charge is 0.351 e. The molecule has 0 aromatic heterocycles. The molecule has 0 bridgehead atoms. The van der Waals surface area contributed by atoms with Gasteiger partial charge in [-0.15, -0.1) is 0 Å². The van der Waals surface area contributed by atoms with Crippen molar-refractivity contribution in [3.8, 4) is 0 Å². The normalized spacial score (nSPS) is 12.2. The highest BCUT2D eigenvalue weighted by Crippen LogP contribution is 2.12. The number of rotatable bonds is 4. The van der Waals surface area contributed by atoms with E-state index in [1.807, 2.05) is 22.6 Å². The third-order valence-corrected chi connectivity index (χ3v) is 3.51. The number of amides is 1. The smallest absolute Gasteiger partial charge is 0.251 e. The first-order chi connectivity index (χ1) is 7.50. The average molecular weight is 355 g/mol. The van der Waals surface area contributed by atoms with Crippen LogP contribution in [0.4, 0.5) is 4.39 Å². The second-order valence-corrected chi connectivity index (χ2v) is 5.88. The molecule has 0 aliphatic heterocycles. The van der Waals surface area contributed by atoms with Gasteiger partial charge in [-0.05, 0) is 40.8 Å². The van der Waals surface area contributed by atoms with Crippen LogP contribution in [0, 0.1) is 9.39 Å². The van der Waals surface area contributed by atoms with Gasteiger partial charge in [0, 0.05) is 38.5 Å². The van der Waals surface area contributed by atoms with Crippen molar-refractivity contribution in [2.75, 3.05) is 18.6 Å². The molecule has 1 aromatic rings. The number of nitrogens with one attached hydrogen (secondary N) is 1. The molecule has 16 heavy (non-hydrogen) atoms. The number of hydrogen-bond acceptors (Lipinski definition) is 2. The van der Waals surface area contributed by atoms with E-state index in [4.69, 9.17) is 0 Å². The molecule has 6 heteroatoms. The maximum Gasteiger partial charge on any atom is 0.251 e. The summed E-state index contributed by atoms with van der Waals surface area (Å²) in [5.74, 6) is -0.355. The van der Waals surface area contributed by atoms with Crippen molar-refractivity contribution in [3.63, 3.8) is 0 Å². The fourth-order valence-corrected chi connectivity index (χ4v) is 1.77. The topological polar surface area (TPSA) is 46.2 Å². The molecule has 0 saturated carbocycles. The Hall–Kier alpha value is -0.500. The fraction of sp³-hybridized carbons (Fsp3) is 0.300. The lowest BCUT2D eigenvalue weighted by atomic mass is 10.2. The van der Waals surface area contributed by atoms with Crippen LogP contribution in [-0.2, 0) is 10.8 Å². The summed E-state index contributed by atoms with van der Waals surface area (Å²) in [6.45, 7) is 0.329. The van der Waals surface area contributed by atoms with E-state index in [1.54, 1.807) is 18.4 Å². The Labute approximate surface area is 109 Å². The van der Waals surface area contributed by atoms with E-state index >= 15 is 0 Å². The van der Waals surface area contributed by atoms with Crippen LogP contribution in [0.5, 0.6) is 0 Å². The van der Waals surface area contributed by atoms with Gasteiger partial charge in [-0.2, -0.15) is 0 Å². The number of carbonyl (C=O) groups excluding carboxylic acids is 1. The molecular weight excluding hydrogens is 344 g/mol. The number of halogens is 2. The van der Waals surface area contributed by atoms with E-state index in [2.05, 4.69) is 5.32 Å². The lowest BCUT2D eigenvalue weighted by Crippen LogP contribution is -2.27. The van der Waals surface area contributed by atoms with E-state index in [0.29, 0.717) is 15.9 Å². The molecule has 0 radical (unpaired) electrons. The monoisotopic (exact) mass is 355 g/mol. The second kappa shape index (κ2) is 6.29. The molecule has 1 amide bonds. The lowest BCUT2D eigenvalue weighted by molar-refractivity contribution is 0.0955. The van der Waals surface area contributed by atoms with E-state index in [0.717, 1.165) is 0 Å². The quantitative estimate of drug-likeness (QED) is 0.833. The van der Waals surface area contributed by atoms with Gasteiger partial charge in [0.05, 0.1) is 0 Å². The predicted octanol–water partition coefficient (Wildman–Crippen LogP) is 1.54. The molecule has 0 unspecified atom stereocenters. The number of benzene rings is 1.